The number of nitrogens with zero attached hydrogens (tertiary/aromatic N) is 2. The summed E-state index contributed by atoms with van der Waals surface area (Å²) in [6.07, 6.45) is 1.11. The summed E-state index contributed by atoms with van der Waals surface area (Å²) in [7, 11) is 2.07. The maximum Gasteiger partial charge on any atom is 0.272 e. The van der Waals surface area contributed by atoms with E-state index < -0.39 is 0 Å². The zero-order valence-electron chi connectivity index (χ0n) is 12.3. The summed E-state index contributed by atoms with van der Waals surface area (Å²) in [5.74, 6) is -0.125. The smallest absolute Gasteiger partial charge is 0.272 e. The molecule has 1 heterocycles. The Hall–Kier alpha value is -1.88. The molecule has 2 aromatic rings. The van der Waals surface area contributed by atoms with Crippen LogP contribution in [0.15, 0.2) is 24.3 Å². The number of fused-ring (bicyclic) bond motifs is 1. The zero-order chi connectivity index (χ0) is 14.5. The molecule has 0 spiro atoms. The topological polar surface area (TPSA) is 61.0 Å². The van der Waals surface area contributed by atoms with E-state index in [-0.39, 0.29) is 5.91 Å². The molecule has 0 aliphatic carbocycles. The number of likely N-dealkylation sites (N-methyl/N-ethyl adjacent to an activating group) is 1. The first kappa shape index (κ1) is 14.5. The van der Waals surface area contributed by atoms with Gasteiger partial charge in [0.2, 0.25) is 0 Å². The van der Waals surface area contributed by atoms with Crippen molar-refractivity contribution in [1.82, 2.24) is 20.4 Å². The van der Waals surface area contributed by atoms with Gasteiger partial charge in [0, 0.05) is 24.5 Å². The highest BCUT2D eigenvalue weighted by Crippen LogP contribution is 2.14. The molecule has 0 saturated carbocycles. The largest absolute Gasteiger partial charge is 0.349 e. The molecular weight excluding hydrogens is 252 g/mol. The van der Waals surface area contributed by atoms with E-state index in [9.17, 15) is 4.79 Å². The summed E-state index contributed by atoms with van der Waals surface area (Å²) in [5, 5.41) is 10.8. The van der Waals surface area contributed by atoms with Gasteiger partial charge in [0.15, 0.2) is 5.69 Å². The zero-order valence-corrected chi connectivity index (χ0v) is 12.3. The van der Waals surface area contributed by atoms with E-state index >= 15 is 0 Å². The normalized spacial score (nSPS) is 12.8. The van der Waals surface area contributed by atoms with Gasteiger partial charge in [0.1, 0.15) is 0 Å². The van der Waals surface area contributed by atoms with Crippen molar-refractivity contribution in [2.24, 2.45) is 0 Å². The molecule has 0 saturated heterocycles. The van der Waals surface area contributed by atoms with Gasteiger partial charge < -0.3 is 10.2 Å². The number of carbonyl (C=O) groups excluding carboxylic acids is 1. The molecule has 108 valence electrons. The highest BCUT2D eigenvalue weighted by atomic mass is 16.1. The lowest BCUT2D eigenvalue weighted by atomic mass is 10.2. The van der Waals surface area contributed by atoms with Crippen molar-refractivity contribution in [2.45, 2.75) is 26.3 Å². The van der Waals surface area contributed by atoms with Crippen LogP contribution >= 0.6 is 0 Å². The van der Waals surface area contributed by atoms with Gasteiger partial charge in [-0.15, -0.1) is 0 Å². The molecular formula is C15H22N4O. The van der Waals surface area contributed by atoms with Crippen LogP contribution in [0, 0.1) is 0 Å². The molecule has 5 nitrogen and oxygen atoms in total. The van der Waals surface area contributed by atoms with Crippen molar-refractivity contribution in [2.75, 3.05) is 20.1 Å². The maximum absolute atomic E-state index is 12.1. The Balaban J connectivity index is 1.92. The van der Waals surface area contributed by atoms with Gasteiger partial charge in [-0.3, -0.25) is 9.89 Å². The van der Waals surface area contributed by atoms with E-state index in [1.165, 1.54) is 0 Å². The first-order chi connectivity index (χ1) is 9.63. The fourth-order valence-electron chi connectivity index (χ4n) is 2.10. The second kappa shape index (κ2) is 6.52. The Morgan fingerprint density at radius 3 is 2.95 bits per heavy atom. The Morgan fingerprint density at radius 2 is 2.20 bits per heavy atom. The fourth-order valence-corrected chi connectivity index (χ4v) is 2.10. The average molecular weight is 274 g/mol. The van der Waals surface area contributed by atoms with Crippen LogP contribution in [-0.4, -0.2) is 47.2 Å². The summed E-state index contributed by atoms with van der Waals surface area (Å²) in [5.41, 5.74) is 1.35. The van der Waals surface area contributed by atoms with E-state index in [0.29, 0.717) is 18.3 Å². The van der Waals surface area contributed by atoms with Gasteiger partial charge in [-0.2, -0.15) is 5.10 Å². The second-order valence-corrected chi connectivity index (χ2v) is 5.11. The summed E-state index contributed by atoms with van der Waals surface area (Å²) in [6.45, 7) is 5.81. The number of hydrogen-bond acceptors (Lipinski definition) is 3. The molecule has 0 bridgehead atoms. The minimum absolute atomic E-state index is 0.125. The molecule has 0 unspecified atom stereocenters. The minimum Gasteiger partial charge on any atom is -0.349 e. The van der Waals surface area contributed by atoms with Gasteiger partial charge in [-0.1, -0.05) is 25.1 Å². The first-order valence-electron chi connectivity index (χ1n) is 7.05. The maximum atomic E-state index is 12.1. The average Bonchev–Trinajstić information content (AvgIpc) is 2.90. The molecule has 1 amide bonds. The van der Waals surface area contributed by atoms with Crippen molar-refractivity contribution in [1.29, 1.82) is 0 Å². The monoisotopic (exact) mass is 274 g/mol. The van der Waals surface area contributed by atoms with Crippen LogP contribution in [0.1, 0.15) is 30.8 Å². The molecule has 2 rings (SSSR count). The van der Waals surface area contributed by atoms with Gasteiger partial charge in [-0.25, -0.2) is 0 Å². The van der Waals surface area contributed by atoms with Crippen LogP contribution in [0.2, 0.25) is 0 Å². The van der Waals surface area contributed by atoms with Crippen molar-refractivity contribution >= 4 is 16.8 Å². The number of para-hydroxylation sites is 1. The summed E-state index contributed by atoms with van der Waals surface area (Å²) in [6, 6.07) is 8.17. The lowest BCUT2D eigenvalue weighted by Crippen LogP contribution is -2.37. The summed E-state index contributed by atoms with van der Waals surface area (Å²) < 4.78 is 0. The predicted molar refractivity (Wildman–Crippen MR) is 80.8 cm³/mol. The van der Waals surface area contributed by atoms with Gasteiger partial charge >= 0.3 is 0 Å². The third-order valence-corrected chi connectivity index (χ3v) is 3.78. The Morgan fingerprint density at radius 1 is 1.45 bits per heavy atom. The number of hydrogen-bond donors (Lipinski definition) is 2. The third kappa shape index (κ3) is 3.17. The number of amides is 1. The molecule has 1 aromatic carbocycles. The highest BCUT2D eigenvalue weighted by Gasteiger charge is 2.13. The first-order valence-corrected chi connectivity index (χ1v) is 7.05. The van der Waals surface area contributed by atoms with E-state index in [0.717, 1.165) is 23.9 Å². The summed E-state index contributed by atoms with van der Waals surface area (Å²) in [4.78, 5) is 14.4. The lowest BCUT2D eigenvalue weighted by molar-refractivity contribution is 0.0944. The van der Waals surface area contributed by atoms with E-state index in [4.69, 9.17) is 0 Å². The number of H-pyrrole nitrogens is 1. The van der Waals surface area contributed by atoms with Gasteiger partial charge in [0.25, 0.3) is 5.91 Å². The quantitative estimate of drug-likeness (QED) is 0.847. The highest BCUT2D eigenvalue weighted by molar-refractivity contribution is 6.04. The molecule has 20 heavy (non-hydrogen) atoms. The Labute approximate surface area is 119 Å². The molecule has 5 heteroatoms. The van der Waals surface area contributed by atoms with Crippen LogP contribution < -0.4 is 5.32 Å². The summed E-state index contributed by atoms with van der Waals surface area (Å²) >= 11 is 0. The van der Waals surface area contributed by atoms with Crippen LogP contribution in [0.3, 0.4) is 0 Å². The van der Waals surface area contributed by atoms with E-state index in [1.54, 1.807) is 0 Å². The van der Waals surface area contributed by atoms with Crippen molar-refractivity contribution in [3.63, 3.8) is 0 Å². The SMILES string of the molecule is CC[C@@H](C)N(C)CCNC(=O)c1n[nH]c2ccccc12. The Kier molecular flexibility index (Phi) is 4.74. The van der Waals surface area contributed by atoms with Crippen molar-refractivity contribution < 1.29 is 4.79 Å². The van der Waals surface area contributed by atoms with Crippen molar-refractivity contribution in [3.8, 4) is 0 Å². The van der Waals surface area contributed by atoms with Crippen LogP contribution in [0.4, 0.5) is 0 Å². The van der Waals surface area contributed by atoms with Crippen molar-refractivity contribution in [3.05, 3.63) is 30.0 Å². The van der Waals surface area contributed by atoms with Crippen LogP contribution in [0.25, 0.3) is 10.9 Å². The number of aromatic amines is 1. The minimum atomic E-state index is -0.125. The van der Waals surface area contributed by atoms with Crippen LogP contribution in [-0.2, 0) is 0 Å². The molecule has 0 radical (unpaired) electrons. The molecule has 0 aliphatic heterocycles. The predicted octanol–water partition coefficient (Wildman–Crippen LogP) is 2.02. The Bertz CT molecular complexity index is 578. The number of rotatable bonds is 6. The number of benzene rings is 1. The molecule has 1 aromatic heterocycles. The number of nitrogens with one attached hydrogen (secondary N) is 2. The molecule has 0 aliphatic rings. The van der Waals surface area contributed by atoms with Gasteiger partial charge in [0.05, 0.1) is 5.52 Å². The van der Waals surface area contributed by atoms with Crippen LogP contribution in [0.5, 0.6) is 0 Å². The molecule has 1 atom stereocenters. The molecule has 0 fully saturated rings. The van der Waals surface area contributed by atoms with Gasteiger partial charge in [-0.05, 0) is 26.5 Å². The number of carbonyl (C=O) groups is 1. The lowest BCUT2D eigenvalue weighted by Gasteiger charge is -2.23. The second-order valence-electron chi connectivity index (χ2n) is 5.11. The van der Waals surface area contributed by atoms with E-state index in [2.05, 4.69) is 41.3 Å². The van der Waals surface area contributed by atoms with E-state index in [1.807, 2.05) is 24.3 Å². The third-order valence-electron chi connectivity index (χ3n) is 3.78. The molecule has 2 N–H and O–H groups in total. The number of aromatic nitrogens is 2. The standard InChI is InChI=1S/C15H22N4O/c1-4-11(2)19(3)10-9-16-15(20)14-12-7-5-6-8-13(12)17-18-14/h5-8,11H,4,9-10H2,1-3H3,(H,16,20)(H,17,18)/t11-/m1/s1. The fraction of sp³-hybridized carbons (Fsp3) is 0.467.